The molecular weight excluding hydrogens is 375 g/mol. The lowest BCUT2D eigenvalue weighted by Crippen LogP contribution is -2.36. The van der Waals surface area contributed by atoms with Crippen LogP contribution in [-0.4, -0.2) is 51.1 Å². The van der Waals surface area contributed by atoms with Gasteiger partial charge in [-0.05, 0) is 31.0 Å². The summed E-state index contributed by atoms with van der Waals surface area (Å²) >= 11 is 0. The largest absolute Gasteiger partial charge is 0.480 e. The highest BCUT2D eigenvalue weighted by molar-refractivity contribution is 7.92. The van der Waals surface area contributed by atoms with Crippen molar-refractivity contribution in [3.05, 3.63) is 24.0 Å². The maximum atomic E-state index is 14.3. The van der Waals surface area contributed by atoms with Crippen LogP contribution in [0.4, 0.5) is 10.1 Å². The van der Waals surface area contributed by atoms with E-state index >= 15 is 0 Å². The average molecular weight is 396 g/mol. The SMILES string of the molecule is CCCN(CC(=O)O)S(=O)(=O)c1ccc(NS(=O)(=O)CCC)cc1F. The van der Waals surface area contributed by atoms with E-state index in [1.165, 1.54) is 0 Å². The maximum Gasteiger partial charge on any atom is 0.318 e. The van der Waals surface area contributed by atoms with E-state index in [1.54, 1.807) is 13.8 Å². The molecule has 0 unspecified atom stereocenters. The fraction of sp³-hybridized carbons (Fsp3) is 0.500. The van der Waals surface area contributed by atoms with Crippen LogP contribution in [0.25, 0.3) is 0 Å². The van der Waals surface area contributed by atoms with Gasteiger partial charge in [0.1, 0.15) is 17.3 Å². The van der Waals surface area contributed by atoms with Gasteiger partial charge in [-0.2, -0.15) is 4.31 Å². The molecule has 1 aromatic rings. The van der Waals surface area contributed by atoms with E-state index in [4.69, 9.17) is 5.11 Å². The van der Waals surface area contributed by atoms with E-state index in [1.807, 2.05) is 0 Å². The van der Waals surface area contributed by atoms with Crippen molar-refractivity contribution in [3.8, 4) is 0 Å². The summed E-state index contributed by atoms with van der Waals surface area (Å²) in [7, 11) is -8.00. The Balaban J connectivity index is 3.19. The number of sulfonamides is 2. The molecule has 0 atom stereocenters. The molecule has 0 aliphatic rings. The third-order valence-corrected chi connectivity index (χ3v) is 6.45. The number of nitrogens with zero attached hydrogens (tertiary/aromatic N) is 1. The lowest BCUT2D eigenvalue weighted by atomic mass is 10.3. The van der Waals surface area contributed by atoms with Gasteiger partial charge in [-0.15, -0.1) is 0 Å². The molecule has 0 amide bonds. The molecule has 8 nitrogen and oxygen atoms in total. The lowest BCUT2D eigenvalue weighted by molar-refractivity contribution is -0.137. The molecule has 11 heteroatoms. The zero-order valence-corrected chi connectivity index (χ0v) is 15.5. The number of hydrogen-bond donors (Lipinski definition) is 2. The molecule has 0 heterocycles. The van der Waals surface area contributed by atoms with Crippen LogP contribution < -0.4 is 4.72 Å². The lowest BCUT2D eigenvalue weighted by Gasteiger charge is -2.20. The number of benzene rings is 1. The quantitative estimate of drug-likeness (QED) is 0.618. The summed E-state index contributed by atoms with van der Waals surface area (Å²) in [5.41, 5.74) is -0.106. The Bertz CT molecular complexity index is 824. The summed E-state index contributed by atoms with van der Waals surface area (Å²) in [4.78, 5) is 10.1. The third-order valence-electron chi connectivity index (χ3n) is 3.08. The molecule has 0 spiro atoms. The smallest absolute Gasteiger partial charge is 0.318 e. The number of nitrogens with one attached hydrogen (secondary N) is 1. The molecule has 0 aliphatic carbocycles. The highest BCUT2D eigenvalue weighted by atomic mass is 32.2. The summed E-state index contributed by atoms with van der Waals surface area (Å²) in [6.07, 6.45) is 0.717. The number of carboxylic acid groups (broad SMARTS) is 1. The zero-order valence-electron chi connectivity index (χ0n) is 13.9. The topological polar surface area (TPSA) is 121 Å². The number of aliphatic carboxylic acids is 1. The summed E-state index contributed by atoms with van der Waals surface area (Å²) in [6, 6.07) is 2.79. The number of anilines is 1. The molecular formula is C14H21FN2O6S2. The minimum absolute atomic E-state index is 0.0844. The summed E-state index contributed by atoms with van der Waals surface area (Å²) in [5, 5.41) is 8.84. The van der Waals surface area contributed by atoms with Gasteiger partial charge in [0.15, 0.2) is 0 Å². The molecule has 0 saturated heterocycles. The van der Waals surface area contributed by atoms with E-state index < -0.39 is 43.3 Å². The van der Waals surface area contributed by atoms with Gasteiger partial charge in [0.25, 0.3) is 0 Å². The predicted molar refractivity (Wildman–Crippen MR) is 90.8 cm³/mol. The minimum atomic E-state index is -4.36. The Morgan fingerprint density at radius 1 is 1.20 bits per heavy atom. The van der Waals surface area contributed by atoms with Crippen LogP contribution >= 0.6 is 0 Å². The van der Waals surface area contributed by atoms with Crippen molar-refractivity contribution < 1.29 is 31.1 Å². The Morgan fingerprint density at radius 2 is 1.84 bits per heavy atom. The van der Waals surface area contributed by atoms with Crippen molar-refractivity contribution in [1.82, 2.24) is 4.31 Å². The fourth-order valence-electron chi connectivity index (χ4n) is 2.10. The van der Waals surface area contributed by atoms with Gasteiger partial charge in [0, 0.05) is 6.54 Å². The first kappa shape index (κ1) is 21.3. The molecule has 0 radical (unpaired) electrons. The van der Waals surface area contributed by atoms with Gasteiger partial charge < -0.3 is 5.11 Å². The van der Waals surface area contributed by atoms with Gasteiger partial charge >= 0.3 is 5.97 Å². The molecule has 2 N–H and O–H groups in total. The van der Waals surface area contributed by atoms with Gasteiger partial charge in [-0.3, -0.25) is 9.52 Å². The van der Waals surface area contributed by atoms with Crippen LogP contribution in [0.3, 0.4) is 0 Å². The van der Waals surface area contributed by atoms with E-state index in [2.05, 4.69) is 4.72 Å². The highest BCUT2D eigenvalue weighted by Crippen LogP contribution is 2.23. The number of halogens is 1. The molecule has 0 saturated carbocycles. The van der Waals surface area contributed by atoms with E-state index in [0.29, 0.717) is 17.1 Å². The number of hydrogen-bond acceptors (Lipinski definition) is 5. The van der Waals surface area contributed by atoms with Crippen LogP contribution in [0.5, 0.6) is 0 Å². The van der Waals surface area contributed by atoms with Crippen LogP contribution in [0.2, 0.25) is 0 Å². The molecule has 25 heavy (non-hydrogen) atoms. The zero-order chi connectivity index (χ0) is 19.3. The van der Waals surface area contributed by atoms with Gasteiger partial charge in [0.2, 0.25) is 20.0 Å². The number of carboxylic acids is 1. The number of carbonyl (C=O) groups is 1. The summed E-state index contributed by atoms with van der Waals surface area (Å²) in [5.74, 6) is -2.68. The molecule has 1 rings (SSSR count). The molecule has 0 fully saturated rings. The van der Waals surface area contributed by atoms with Crippen molar-refractivity contribution in [3.63, 3.8) is 0 Å². The van der Waals surface area contributed by atoms with Gasteiger partial charge in [-0.1, -0.05) is 13.8 Å². The second-order valence-electron chi connectivity index (χ2n) is 5.30. The van der Waals surface area contributed by atoms with E-state index in [0.717, 1.165) is 18.2 Å². The summed E-state index contributed by atoms with van der Waals surface area (Å²) in [6.45, 7) is 2.45. The van der Waals surface area contributed by atoms with Crippen LogP contribution in [0.1, 0.15) is 26.7 Å². The monoisotopic (exact) mass is 396 g/mol. The molecule has 142 valence electrons. The standard InChI is InChI=1S/C14H21FN2O6S2/c1-3-7-17(10-14(18)19)25(22,23)13-6-5-11(9-12(13)15)16-24(20,21)8-4-2/h5-6,9,16H,3-4,7-8,10H2,1-2H3,(H,18,19). The van der Waals surface area contributed by atoms with Crippen LogP contribution in [-0.2, 0) is 24.8 Å². The van der Waals surface area contributed by atoms with Crippen molar-refractivity contribution in [2.75, 3.05) is 23.6 Å². The maximum absolute atomic E-state index is 14.3. The second-order valence-corrected chi connectivity index (χ2v) is 9.05. The van der Waals surface area contributed by atoms with Crippen molar-refractivity contribution >= 4 is 31.7 Å². The first-order valence-electron chi connectivity index (χ1n) is 7.55. The molecule has 1 aromatic carbocycles. The van der Waals surface area contributed by atoms with Crippen LogP contribution in [0.15, 0.2) is 23.1 Å². The van der Waals surface area contributed by atoms with Crippen molar-refractivity contribution in [2.24, 2.45) is 0 Å². The van der Waals surface area contributed by atoms with Crippen LogP contribution in [0, 0.1) is 5.82 Å². The van der Waals surface area contributed by atoms with Gasteiger partial charge in [0.05, 0.1) is 11.4 Å². The Hall–Kier alpha value is -1.72. The first-order valence-corrected chi connectivity index (χ1v) is 10.6. The Labute approximate surface area is 146 Å². The van der Waals surface area contributed by atoms with Crippen molar-refractivity contribution in [2.45, 2.75) is 31.6 Å². The average Bonchev–Trinajstić information content (AvgIpc) is 2.45. The molecule has 0 aromatic heterocycles. The molecule has 0 bridgehead atoms. The minimum Gasteiger partial charge on any atom is -0.480 e. The fourth-order valence-corrected chi connectivity index (χ4v) is 4.75. The van der Waals surface area contributed by atoms with E-state index in [9.17, 15) is 26.0 Å². The van der Waals surface area contributed by atoms with E-state index in [-0.39, 0.29) is 18.0 Å². The van der Waals surface area contributed by atoms with Gasteiger partial charge in [-0.25, -0.2) is 21.2 Å². The Kier molecular flexibility index (Phi) is 7.32. The predicted octanol–water partition coefficient (Wildman–Crippen LogP) is 1.46. The molecule has 0 aliphatic heterocycles. The number of rotatable bonds is 10. The first-order chi connectivity index (χ1) is 11.5. The van der Waals surface area contributed by atoms with Crippen molar-refractivity contribution in [1.29, 1.82) is 0 Å². The summed E-state index contributed by atoms with van der Waals surface area (Å²) < 4.78 is 65.4. The third kappa shape index (κ3) is 5.94. The normalized spacial score (nSPS) is 12.3. The highest BCUT2D eigenvalue weighted by Gasteiger charge is 2.29. The second kappa shape index (κ2) is 8.59. The Morgan fingerprint density at radius 3 is 2.32 bits per heavy atom.